The van der Waals surface area contributed by atoms with Gasteiger partial charge < -0.3 is 20.1 Å². The van der Waals surface area contributed by atoms with Gasteiger partial charge in [-0.3, -0.25) is 0 Å². The van der Waals surface area contributed by atoms with E-state index in [0.29, 0.717) is 24.9 Å². The Labute approximate surface area is 176 Å². The van der Waals surface area contributed by atoms with Gasteiger partial charge in [-0.2, -0.15) is 0 Å². The van der Waals surface area contributed by atoms with Crippen LogP contribution in [0.3, 0.4) is 0 Å². The summed E-state index contributed by atoms with van der Waals surface area (Å²) in [4.78, 5) is 0. The number of fused-ring (bicyclic) bond motifs is 1. The van der Waals surface area contributed by atoms with Crippen molar-refractivity contribution in [2.45, 2.75) is 102 Å². The Balaban J connectivity index is 1.65. The maximum Gasteiger partial charge on any atom is 0.0811 e. The van der Waals surface area contributed by atoms with E-state index in [1.165, 1.54) is 18.4 Å². The average Bonchev–Trinajstić information content (AvgIpc) is 2.96. The van der Waals surface area contributed by atoms with Crippen molar-refractivity contribution in [1.82, 2.24) is 0 Å². The molecule has 0 saturated heterocycles. The SMILES string of the molecule is C=C1/C(=C/C=C2\CCC[C@]3(C)[C@@H](OCCCC(C)(C)O)CC[C@@H]23)C[C@@H](O)C[C@@H]1O. The van der Waals surface area contributed by atoms with E-state index in [4.69, 9.17) is 4.74 Å². The molecule has 164 valence electrons. The van der Waals surface area contributed by atoms with Gasteiger partial charge in [0, 0.05) is 18.4 Å². The molecule has 29 heavy (non-hydrogen) atoms. The molecule has 4 heteroatoms. The van der Waals surface area contributed by atoms with Gasteiger partial charge >= 0.3 is 0 Å². The smallest absolute Gasteiger partial charge is 0.0811 e. The first-order chi connectivity index (χ1) is 13.6. The quantitative estimate of drug-likeness (QED) is 0.572. The van der Waals surface area contributed by atoms with Gasteiger partial charge in [-0.05, 0) is 82.3 Å². The van der Waals surface area contributed by atoms with E-state index in [1.54, 1.807) is 0 Å². The second-order valence-electron chi connectivity index (χ2n) is 10.3. The van der Waals surface area contributed by atoms with Crippen molar-refractivity contribution < 1.29 is 20.1 Å². The fourth-order valence-electron chi connectivity index (χ4n) is 5.66. The van der Waals surface area contributed by atoms with Crippen LogP contribution in [0.4, 0.5) is 0 Å². The third-order valence-corrected chi connectivity index (χ3v) is 7.39. The molecule has 0 spiro atoms. The number of allylic oxidation sites excluding steroid dienone is 3. The molecule has 0 amide bonds. The zero-order chi connectivity index (χ0) is 21.2. The molecule has 0 unspecified atom stereocenters. The summed E-state index contributed by atoms with van der Waals surface area (Å²) in [5, 5.41) is 30.0. The van der Waals surface area contributed by atoms with Crippen molar-refractivity contribution in [2.24, 2.45) is 11.3 Å². The molecule has 3 aliphatic carbocycles. The molecule has 3 rings (SSSR count). The number of rotatable bonds is 6. The summed E-state index contributed by atoms with van der Waals surface area (Å²) in [6.07, 6.45) is 11.9. The molecule has 0 aromatic carbocycles. The molecule has 0 aromatic heterocycles. The first-order valence-corrected chi connectivity index (χ1v) is 11.4. The molecule has 0 radical (unpaired) electrons. The number of hydrogen-bond donors (Lipinski definition) is 3. The first kappa shape index (κ1) is 22.7. The summed E-state index contributed by atoms with van der Waals surface area (Å²) >= 11 is 0. The van der Waals surface area contributed by atoms with Crippen LogP contribution in [-0.2, 0) is 4.74 Å². The number of aliphatic hydroxyl groups is 3. The number of ether oxygens (including phenoxy) is 1. The molecule has 0 heterocycles. The Kier molecular flexibility index (Phi) is 7.10. The van der Waals surface area contributed by atoms with E-state index in [9.17, 15) is 15.3 Å². The van der Waals surface area contributed by atoms with Crippen LogP contribution in [0.1, 0.15) is 78.6 Å². The molecule has 0 bridgehead atoms. The topological polar surface area (TPSA) is 69.9 Å². The minimum absolute atomic E-state index is 0.180. The molecular formula is C25H40O4. The van der Waals surface area contributed by atoms with Gasteiger partial charge in [0.05, 0.1) is 23.9 Å². The highest BCUT2D eigenvalue weighted by Crippen LogP contribution is 2.55. The fourth-order valence-corrected chi connectivity index (χ4v) is 5.66. The molecule has 5 atom stereocenters. The Bertz CT molecular complexity index is 656. The van der Waals surface area contributed by atoms with Crippen LogP contribution in [0.25, 0.3) is 0 Å². The lowest BCUT2D eigenvalue weighted by molar-refractivity contribution is -0.0408. The van der Waals surface area contributed by atoms with Crippen LogP contribution in [0, 0.1) is 11.3 Å². The summed E-state index contributed by atoms with van der Waals surface area (Å²) in [7, 11) is 0. The van der Waals surface area contributed by atoms with Gasteiger partial charge in [-0.15, -0.1) is 0 Å². The van der Waals surface area contributed by atoms with Gasteiger partial charge in [-0.1, -0.05) is 31.2 Å². The molecule has 3 fully saturated rings. The predicted octanol–water partition coefficient (Wildman–Crippen LogP) is 4.45. The lowest BCUT2D eigenvalue weighted by Crippen LogP contribution is -2.38. The monoisotopic (exact) mass is 404 g/mol. The summed E-state index contributed by atoms with van der Waals surface area (Å²) in [6.45, 7) is 10.8. The van der Waals surface area contributed by atoms with E-state index in [1.807, 2.05) is 13.8 Å². The Morgan fingerprint density at radius 1 is 1.24 bits per heavy atom. The van der Waals surface area contributed by atoms with Crippen molar-refractivity contribution >= 4 is 0 Å². The van der Waals surface area contributed by atoms with E-state index in [2.05, 4.69) is 25.7 Å². The van der Waals surface area contributed by atoms with Crippen LogP contribution in [0.15, 0.2) is 35.5 Å². The maximum absolute atomic E-state index is 10.1. The Morgan fingerprint density at radius 3 is 2.72 bits per heavy atom. The highest BCUT2D eigenvalue weighted by atomic mass is 16.5. The normalized spacial score (nSPS) is 38.6. The summed E-state index contributed by atoms with van der Waals surface area (Å²) in [5.74, 6) is 0.541. The van der Waals surface area contributed by atoms with Crippen molar-refractivity contribution in [3.8, 4) is 0 Å². The van der Waals surface area contributed by atoms with E-state index < -0.39 is 17.8 Å². The van der Waals surface area contributed by atoms with Gasteiger partial charge in [-0.25, -0.2) is 0 Å². The van der Waals surface area contributed by atoms with Crippen molar-refractivity contribution in [3.05, 3.63) is 35.5 Å². The molecule has 4 nitrogen and oxygen atoms in total. The first-order valence-electron chi connectivity index (χ1n) is 11.4. The standard InChI is InChI=1S/C25H40O4/c1-17-19(15-20(26)16-22(17)27)9-8-18-7-5-13-25(4)21(18)10-11-23(25)29-14-6-12-24(2,3)28/h8-9,20-23,26-28H,1,5-7,10-16H2,2-4H3/b18-8+,19-9+/t20-,21+,22+,23+,25+/m1/s1. The highest BCUT2D eigenvalue weighted by molar-refractivity contribution is 5.38. The molecule has 3 aliphatic rings. The zero-order valence-corrected chi connectivity index (χ0v) is 18.5. The third-order valence-electron chi connectivity index (χ3n) is 7.39. The molecule has 0 aromatic rings. The molecule has 3 saturated carbocycles. The minimum atomic E-state index is -0.631. The molecule has 0 aliphatic heterocycles. The van der Waals surface area contributed by atoms with E-state index in [-0.39, 0.29) is 5.41 Å². The van der Waals surface area contributed by atoms with Crippen LogP contribution in [0.5, 0.6) is 0 Å². The van der Waals surface area contributed by atoms with Crippen molar-refractivity contribution in [3.63, 3.8) is 0 Å². The van der Waals surface area contributed by atoms with Gasteiger partial charge in [0.15, 0.2) is 0 Å². The van der Waals surface area contributed by atoms with Gasteiger partial charge in [0.25, 0.3) is 0 Å². The average molecular weight is 405 g/mol. The lowest BCUT2D eigenvalue weighted by atomic mass is 9.66. The molecular weight excluding hydrogens is 364 g/mol. The highest BCUT2D eigenvalue weighted by Gasteiger charge is 2.49. The van der Waals surface area contributed by atoms with Gasteiger partial charge in [0.2, 0.25) is 0 Å². The lowest BCUT2D eigenvalue weighted by Gasteiger charge is -2.42. The number of hydrogen-bond acceptors (Lipinski definition) is 4. The van der Waals surface area contributed by atoms with Gasteiger partial charge in [0.1, 0.15) is 0 Å². The summed E-state index contributed by atoms with van der Waals surface area (Å²) in [5.41, 5.74) is 2.78. The Morgan fingerprint density at radius 2 is 2.00 bits per heavy atom. The van der Waals surface area contributed by atoms with E-state index >= 15 is 0 Å². The van der Waals surface area contributed by atoms with Crippen molar-refractivity contribution in [1.29, 1.82) is 0 Å². The summed E-state index contributed by atoms with van der Waals surface area (Å²) < 4.78 is 6.32. The van der Waals surface area contributed by atoms with E-state index in [0.717, 1.165) is 49.9 Å². The number of aliphatic hydroxyl groups excluding tert-OH is 2. The maximum atomic E-state index is 10.1. The van der Waals surface area contributed by atoms with Crippen LogP contribution < -0.4 is 0 Å². The van der Waals surface area contributed by atoms with Crippen LogP contribution >= 0.6 is 0 Å². The second-order valence-corrected chi connectivity index (χ2v) is 10.3. The van der Waals surface area contributed by atoms with Crippen molar-refractivity contribution in [2.75, 3.05) is 6.61 Å². The molecule has 3 N–H and O–H groups in total. The fraction of sp³-hybridized carbons (Fsp3) is 0.760. The van der Waals surface area contributed by atoms with Crippen LogP contribution in [-0.4, -0.2) is 45.8 Å². The third kappa shape index (κ3) is 5.41. The largest absolute Gasteiger partial charge is 0.393 e. The minimum Gasteiger partial charge on any atom is -0.393 e. The summed E-state index contributed by atoms with van der Waals surface area (Å²) in [6, 6.07) is 0. The predicted molar refractivity (Wildman–Crippen MR) is 117 cm³/mol. The van der Waals surface area contributed by atoms with Crippen LogP contribution in [0.2, 0.25) is 0 Å². The Hall–Kier alpha value is -0.940. The zero-order valence-electron chi connectivity index (χ0n) is 18.5. The second kappa shape index (κ2) is 9.05.